The van der Waals surface area contributed by atoms with Gasteiger partial charge >= 0.3 is 11.9 Å². The highest BCUT2D eigenvalue weighted by Crippen LogP contribution is 2.32. The lowest BCUT2D eigenvalue weighted by Gasteiger charge is -2.39. The molecular formula is C34H54NO4S+. The topological polar surface area (TPSA) is 74.6 Å². The second kappa shape index (κ2) is 21.4. The second-order valence-electron chi connectivity index (χ2n) is 10.8. The third-order valence-electron chi connectivity index (χ3n) is 7.40. The standard InChI is InChI=1S/C20H44N.C14H10O4S/c1-5-9-13-17-21(18-14-10-6-2,19-15-11-7-3)20-16-12-8-4;15-13(16)9-5-1-3-7-11(9)19-12-8-4-2-6-10(12)14(17)18/h5-20H2,1-4H3;1-8H,(H,15,16)(H,17,18)/q+1;. The molecule has 5 nitrogen and oxygen atoms in total. The quantitative estimate of drug-likeness (QED) is 0.122. The van der Waals surface area contributed by atoms with Gasteiger partial charge < -0.3 is 14.7 Å². The third-order valence-corrected chi connectivity index (χ3v) is 8.55. The number of rotatable bonds is 20. The largest absolute Gasteiger partial charge is 0.478 e. The number of hydrogen-bond donors (Lipinski definition) is 2. The maximum absolute atomic E-state index is 11.1. The molecule has 0 heterocycles. The number of benzene rings is 2. The molecule has 0 fully saturated rings. The number of carboxylic acid groups (broad SMARTS) is 2. The van der Waals surface area contributed by atoms with Crippen LogP contribution in [0.15, 0.2) is 58.3 Å². The van der Waals surface area contributed by atoms with Crippen molar-refractivity contribution in [2.24, 2.45) is 0 Å². The molecular weight excluding hydrogens is 518 g/mol. The Balaban J connectivity index is 0.000000401. The van der Waals surface area contributed by atoms with Gasteiger partial charge in [-0.25, -0.2) is 9.59 Å². The molecule has 0 atom stereocenters. The number of nitrogens with zero attached hydrogens (tertiary/aromatic N) is 1. The molecule has 2 aromatic rings. The van der Waals surface area contributed by atoms with Gasteiger partial charge in [0.25, 0.3) is 0 Å². The molecule has 0 amide bonds. The summed E-state index contributed by atoms with van der Waals surface area (Å²) in [6, 6.07) is 13.0. The molecule has 224 valence electrons. The monoisotopic (exact) mass is 572 g/mol. The summed E-state index contributed by atoms with van der Waals surface area (Å²) in [6.45, 7) is 15.1. The summed E-state index contributed by atoms with van der Waals surface area (Å²) in [5.41, 5.74) is 0.320. The number of unbranched alkanes of at least 4 members (excludes halogenated alkanes) is 8. The second-order valence-corrected chi connectivity index (χ2v) is 11.9. The molecule has 6 heteroatoms. The fourth-order valence-corrected chi connectivity index (χ4v) is 6.10. The van der Waals surface area contributed by atoms with Crippen molar-refractivity contribution >= 4 is 23.7 Å². The Bertz CT molecular complexity index is 877. The fraction of sp³-hybridized carbons (Fsp3) is 0.588. The van der Waals surface area contributed by atoms with Crippen molar-refractivity contribution in [2.75, 3.05) is 26.2 Å². The zero-order valence-corrected chi connectivity index (χ0v) is 26.3. The van der Waals surface area contributed by atoms with E-state index in [1.54, 1.807) is 36.4 Å². The molecule has 0 unspecified atom stereocenters. The summed E-state index contributed by atoms with van der Waals surface area (Å²) in [6.07, 6.45) is 16.9. The van der Waals surface area contributed by atoms with Crippen LogP contribution in [-0.4, -0.2) is 52.8 Å². The number of carboxylic acids is 2. The smallest absolute Gasteiger partial charge is 0.336 e. The zero-order chi connectivity index (χ0) is 29.6. The predicted octanol–water partition coefficient (Wildman–Crippen LogP) is 9.80. The van der Waals surface area contributed by atoms with Gasteiger partial charge in [-0.2, -0.15) is 0 Å². The van der Waals surface area contributed by atoms with Gasteiger partial charge in [-0.15, -0.1) is 0 Å². The molecule has 0 saturated carbocycles. The summed E-state index contributed by atoms with van der Waals surface area (Å²) in [5, 5.41) is 18.2. The Hall–Kier alpha value is -2.31. The maximum Gasteiger partial charge on any atom is 0.336 e. The molecule has 0 aliphatic carbocycles. The van der Waals surface area contributed by atoms with Crippen LogP contribution < -0.4 is 0 Å². The van der Waals surface area contributed by atoms with Crippen LogP contribution in [0.4, 0.5) is 0 Å². The van der Waals surface area contributed by atoms with Gasteiger partial charge in [0.1, 0.15) is 0 Å². The van der Waals surface area contributed by atoms with E-state index in [-0.39, 0.29) is 11.1 Å². The van der Waals surface area contributed by atoms with Gasteiger partial charge in [0, 0.05) is 9.79 Å². The first-order chi connectivity index (χ1) is 19.3. The molecule has 2 aromatic carbocycles. The van der Waals surface area contributed by atoms with E-state index in [2.05, 4.69) is 27.7 Å². The Morgan fingerprint density at radius 1 is 0.550 bits per heavy atom. The van der Waals surface area contributed by atoms with Crippen LogP contribution in [0.3, 0.4) is 0 Å². The van der Waals surface area contributed by atoms with Gasteiger partial charge in [0.2, 0.25) is 0 Å². The average molecular weight is 573 g/mol. The van der Waals surface area contributed by atoms with E-state index in [0.29, 0.717) is 9.79 Å². The van der Waals surface area contributed by atoms with E-state index < -0.39 is 11.9 Å². The van der Waals surface area contributed by atoms with Crippen molar-refractivity contribution in [1.29, 1.82) is 0 Å². The minimum atomic E-state index is -1.03. The van der Waals surface area contributed by atoms with Crippen molar-refractivity contribution < 1.29 is 24.3 Å². The van der Waals surface area contributed by atoms with Crippen LogP contribution in [0.2, 0.25) is 0 Å². The van der Waals surface area contributed by atoms with E-state index in [0.717, 1.165) is 11.8 Å². The van der Waals surface area contributed by atoms with Crippen LogP contribution in [0.25, 0.3) is 0 Å². The Morgan fingerprint density at radius 3 is 1.12 bits per heavy atom. The number of aromatic carboxylic acids is 2. The summed E-state index contributed by atoms with van der Waals surface area (Å²) in [7, 11) is 0. The van der Waals surface area contributed by atoms with Crippen molar-refractivity contribution in [1.82, 2.24) is 0 Å². The van der Waals surface area contributed by atoms with Crippen LogP contribution in [0.5, 0.6) is 0 Å². The third kappa shape index (κ3) is 13.8. The molecule has 40 heavy (non-hydrogen) atoms. The average Bonchev–Trinajstić information content (AvgIpc) is 2.94. The molecule has 0 aliphatic heterocycles. The van der Waals surface area contributed by atoms with Gasteiger partial charge in [0.15, 0.2) is 0 Å². The van der Waals surface area contributed by atoms with Crippen molar-refractivity contribution in [3.05, 3.63) is 59.7 Å². The summed E-state index contributed by atoms with van der Waals surface area (Å²) in [5.74, 6) is -2.06. The maximum atomic E-state index is 11.1. The molecule has 2 rings (SSSR count). The first kappa shape index (κ1) is 35.7. The number of carbonyl (C=O) groups is 2. The van der Waals surface area contributed by atoms with Gasteiger partial charge in [-0.3, -0.25) is 0 Å². The van der Waals surface area contributed by atoms with Gasteiger partial charge in [0.05, 0.1) is 37.3 Å². The minimum absolute atomic E-state index is 0.160. The molecule has 0 bridgehead atoms. The SMILES string of the molecule is CCCCC[N+](CCCCC)(CCCCC)CCCCC.O=C(O)c1ccccc1Sc1ccccc1C(=O)O. The highest BCUT2D eigenvalue weighted by atomic mass is 32.2. The molecule has 0 radical (unpaired) electrons. The normalized spacial score (nSPS) is 11.1. The first-order valence-electron chi connectivity index (χ1n) is 15.5. The first-order valence-corrected chi connectivity index (χ1v) is 16.3. The lowest BCUT2D eigenvalue weighted by molar-refractivity contribution is -0.929. The van der Waals surface area contributed by atoms with E-state index in [9.17, 15) is 9.59 Å². The van der Waals surface area contributed by atoms with E-state index in [1.807, 2.05) is 0 Å². The summed E-state index contributed by atoms with van der Waals surface area (Å²) >= 11 is 1.14. The predicted molar refractivity (Wildman–Crippen MR) is 169 cm³/mol. The molecule has 2 N–H and O–H groups in total. The number of hydrogen-bond acceptors (Lipinski definition) is 3. The molecule has 0 aromatic heterocycles. The van der Waals surface area contributed by atoms with E-state index in [1.165, 1.54) is 120 Å². The Labute approximate surface area is 248 Å². The zero-order valence-electron chi connectivity index (χ0n) is 25.5. The molecule has 0 spiro atoms. The number of quaternary nitrogens is 1. The highest BCUT2D eigenvalue weighted by Gasteiger charge is 2.25. The van der Waals surface area contributed by atoms with Gasteiger partial charge in [-0.1, -0.05) is 89.4 Å². The van der Waals surface area contributed by atoms with Crippen LogP contribution >= 0.6 is 11.8 Å². The lowest BCUT2D eigenvalue weighted by atomic mass is 10.1. The highest BCUT2D eigenvalue weighted by molar-refractivity contribution is 7.99. The van der Waals surface area contributed by atoms with Gasteiger partial charge in [-0.05, 0) is 75.6 Å². The van der Waals surface area contributed by atoms with Crippen molar-refractivity contribution in [2.45, 2.75) is 115 Å². The van der Waals surface area contributed by atoms with Crippen LogP contribution in [0, 0.1) is 0 Å². The molecule has 0 aliphatic rings. The van der Waals surface area contributed by atoms with Crippen LogP contribution in [-0.2, 0) is 0 Å². The molecule has 0 saturated heterocycles. The fourth-order valence-electron chi connectivity index (χ4n) is 5.04. The minimum Gasteiger partial charge on any atom is -0.478 e. The summed E-state index contributed by atoms with van der Waals surface area (Å²) in [4.78, 5) is 23.2. The van der Waals surface area contributed by atoms with Crippen molar-refractivity contribution in [3.8, 4) is 0 Å². The van der Waals surface area contributed by atoms with Crippen LogP contribution in [0.1, 0.15) is 125 Å². The van der Waals surface area contributed by atoms with Crippen molar-refractivity contribution in [3.63, 3.8) is 0 Å². The Kier molecular flexibility index (Phi) is 19.1. The van der Waals surface area contributed by atoms with E-state index >= 15 is 0 Å². The summed E-state index contributed by atoms with van der Waals surface area (Å²) < 4.78 is 1.44. The Morgan fingerprint density at radius 2 is 0.850 bits per heavy atom. The van der Waals surface area contributed by atoms with E-state index in [4.69, 9.17) is 10.2 Å². The lowest BCUT2D eigenvalue weighted by Crippen LogP contribution is -2.50.